The number of thiazole rings is 1. The van der Waals surface area contributed by atoms with Gasteiger partial charge in [-0.3, -0.25) is 9.98 Å². The minimum atomic E-state index is 0.499. The predicted octanol–water partition coefficient (Wildman–Crippen LogP) is 5.90. The molecule has 0 spiro atoms. The van der Waals surface area contributed by atoms with Gasteiger partial charge in [0.2, 0.25) is 4.80 Å². The molecule has 0 aliphatic rings. The second kappa shape index (κ2) is 9.18. The van der Waals surface area contributed by atoms with Gasteiger partial charge in [-0.15, -0.1) is 11.3 Å². The molecule has 0 fully saturated rings. The first kappa shape index (κ1) is 19.6. The highest BCUT2D eigenvalue weighted by molar-refractivity contribution is 7.07. The molecule has 2 aromatic heterocycles. The summed E-state index contributed by atoms with van der Waals surface area (Å²) in [5.41, 5.74) is 3.69. The molecule has 7 heteroatoms. The van der Waals surface area contributed by atoms with E-state index < -0.39 is 0 Å². The highest BCUT2D eigenvalue weighted by atomic mass is 35.5. The molecule has 4 rings (SSSR count). The summed E-state index contributed by atoms with van der Waals surface area (Å²) in [5, 5.41) is 7.68. The van der Waals surface area contributed by atoms with Crippen LogP contribution < -0.4 is 4.80 Å². The van der Waals surface area contributed by atoms with Crippen LogP contribution >= 0.6 is 34.5 Å². The third-order valence-corrected chi connectivity index (χ3v) is 5.73. The van der Waals surface area contributed by atoms with Crippen LogP contribution in [-0.4, -0.2) is 15.9 Å². The Hall–Kier alpha value is -2.73. The smallest absolute Gasteiger partial charge is 0.206 e. The Morgan fingerprint density at radius 2 is 1.79 bits per heavy atom. The summed E-state index contributed by atoms with van der Waals surface area (Å²) in [4.78, 5) is 9.84. The minimum Gasteiger partial charge on any atom is -0.255 e. The summed E-state index contributed by atoms with van der Waals surface area (Å²) >= 11 is 13.8. The number of nitrogens with zero attached hydrogens (tertiary/aromatic N) is 4. The van der Waals surface area contributed by atoms with Crippen molar-refractivity contribution in [3.63, 3.8) is 0 Å². The molecule has 0 radical (unpaired) electrons. The molecule has 0 aliphatic carbocycles. The first-order valence-corrected chi connectivity index (χ1v) is 10.5. The zero-order valence-electron chi connectivity index (χ0n) is 15.2. The van der Waals surface area contributed by atoms with Crippen LogP contribution in [-0.2, 0) is 6.54 Å². The molecule has 0 amide bonds. The van der Waals surface area contributed by atoms with Crippen LogP contribution in [0.25, 0.3) is 11.3 Å². The Bertz CT molecular complexity index is 1200. The summed E-state index contributed by atoms with van der Waals surface area (Å²) < 4.78 is 1.81. The summed E-state index contributed by atoms with van der Waals surface area (Å²) in [7, 11) is 0. The van der Waals surface area contributed by atoms with Crippen LogP contribution in [0, 0.1) is 0 Å². The Balaban J connectivity index is 1.77. The topological polar surface area (TPSA) is 42.5 Å². The van der Waals surface area contributed by atoms with Gasteiger partial charge in [0.25, 0.3) is 0 Å². The monoisotopic (exact) mass is 438 g/mol. The zero-order valence-corrected chi connectivity index (χ0v) is 17.6. The first-order valence-electron chi connectivity index (χ1n) is 8.86. The molecule has 4 nitrogen and oxygen atoms in total. The van der Waals surface area contributed by atoms with E-state index in [0.29, 0.717) is 16.6 Å². The molecule has 0 aliphatic heterocycles. The maximum absolute atomic E-state index is 6.23. The van der Waals surface area contributed by atoms with Crippen LogP contribution in [0.4, 0.5) is 0 Å². The molecule has 29 heavy (non-hydrogen) atoms. The standard InChI is InChI=1S/C22H16Cl2N4S/c23-19-10-9-17(12-20(19)24)21-15-29-22(26-13-16-6-2-1-3-7-16)28(21)27-14-18-8-4-5-11-25-18/h1-12,14-15H,13H2. The van der Waals surface area contributed by atoms with Crippen LogP contribution in [0.15, 0.2) is 88.4 Å². The fraction of sp³-hybridized carbons (Fsp3) is 0.0455. The average Bonchev–Trinajstić information content (AvgIpc) is 3.17. The number of hydrogen-bond donors (Lipinski definition) is 0. The number of aromatic nitrogens is 2. The van der Waals surface area contributed by atoms with Gasteiger partial charge < -0.3 is 0 Å². The zero-order chi connectivity index (χ0) is 20.1. The molecule has 2 heterocycles. The Kier molecular flexibility index (Phi) is 6.20. The lowest BCUT2D eigenvalue weighted by atomic mass is 10.2. The fourth-order valence-electron chi connectivity index (χ4n) is 2.68. The van der Waals surface area contributed by atoms with Gasteiger partial charge >= 0.3 is 0 Å². The van der Waals surface area contributed by atoms with Crippen molar-refractivity contribution in [2.75, 3.05) is 0 Å². The lowest BCUT2D eigenvalue weighted by Gasteiger charge is -2.05. The fourth-order valence-corrected chi connectivity index (χ4v) is 3.82. The summed E-state index contributed by atoms with van der Waals surface area (Å²) in [6.07, 6.45) is 3.45. The third kappa shape index (κ3) is 4.82. The van der Waals surface area contributed by atoms with Gasteiger partial charge in [0.1, 0.15) is 0 Å². The highest BCUT2D eigenvalue weighted by Crippen LogP contribution is 2.28. The lowest BCUT2D eigenvalue weighted by Crippen LogP contribution is -2.12. The van der Waals surface area contributed by atoms with Crippen LogP contribution in [0.1, 0.15) is 11.3 Å². The van der Waals surface area contributed by atoms with E-state index in [1.807, 2.05) is 58.6 Å². The number of benzene rings is 2. The van der Waals surface area contributed by atoms with Crippen molar-refractivity contribution in [2.45, 2.75) is 6.54 Å². The summed E-state index contributed by atoms with van der Waals surface area (Å²) in [6.45, 7) is 0.571. The number of rotatable bonds is 5. The minimum absolute atomic E-state index is 0.499. The molecule has 4 aromatic rings. The Morgan fingerprint density at radius 3 is 2.55 bits per heavy atom. The average molecular weight is 439 g/mol. The lowest BCUT2D eigenvalue weighted by molar-refractivity contribution is 0.823. The molecule has 0 bridgehead atoms. The van der Waals surface area contributed by atoms with E-state index in [4.69, 9.17) is 28.2 Å². The van der Waals surface area contributed by atoms with E-state index in [2.05, 4.69) is 22.2 Å². The second-order valence-electron chi connectivity index (χ2n) is 6.15. The summed E-state index contributed by atoms with van der Waals surface area (Å²) in [5.74, 6) is 0. The van der Waals surface area contributed by atoms with Crippen molar-refractivity contribution in [1.29, 1.82) is 0 Å². The molecule has 0 atom stereocenters. The van der Waals surface area contributed by atoms with Gasteiger partial charge in [0.15, 0.2) is 0 Å². The number of hydrogen-bond acceptors (Lipinski definition) is 4. The van der Waals surface area contributed by atoms with Gasteiger partial charge in [0, 0.05) is 17.1 Å². The molecule has 144 valence electrons. The highest BCUT2D eigenvalue weighted by Gasteiger charge is 2.09. The number of halogens is 2. The first-order chi connectivity index (χ1) is 14.2. The van der Waals surface area contributed by atoms with Gasteiger partial charge in [0.05, 0.1) is 34.2 Å². The SMILES string of the molecule is Clc1ccc(-c2csc(=NCc3ccccc3)n2N=Cc2ccccn2)cc1Cl. The maximum atomic E-state index is 6.23. The van der Waals surface area contributed by atoms with Gasteiger partial charge in [-0.05, 0) is 29.8 Å². The Morgan fingerprint density at radius 1 is 0.966 bits per heavy atom. The van der Waals surface area contributed by atoms with Crippen LogP contribution in [0.2, 0.25) is 10.0 Å². The van der Waals surface area contributed by atoms with E-state index in [1.54, 1.807) is 18.5 Å². The van der Waals surface area contributed by atoms with E-state index in [-0.39, 0.29) is 0 Å². The molecular formula is C22H16Cl2N4S. The van der Waals surface area contributed by atoms with Crippen molar-refractivity contribution in [3.8, 4) is 11.3 Å². The predicted molar refractivity (Wildman–Crippen MR) is 121 cm³/mol. The van der Waals surface area contributed by atoms with Crippen molar-refractivity contribution < 1.29 is 0 Å². The second-order valence-corrected chi connectivity index (χ2v) is 7.80. The van der Waals surface area contributed by atoms with E-state index >= 15 is 0 Å². The molecule has 0 saturated heterocycles. The van der Waals surface area contributed by atoms with E-state index in [0.717, 1.165) is 27.3 Å². The largest absolute Gasteiger partial charge is 0.255 e. The number of pyridine rings is 1. The van der Waals surface area contributed by atoms with E-state index in [1.165, 1.54) is 11.3 Å². The molecule has 0 unspecified atom stereocenters. The van der Waals surface area contributed by atoms with Crippen LogP contribution in [0.3, 0.4) is 0 Å². The van der Waals surface area contributed by atoms with Gasteiger partial charge in [-0.2, -0.15) is 5.10 Å². The quantitative estimate of drug-likeness (QED) is 0.357. The van der Waals surface area contributed by atoms with Crippen molar-refractivity contribution >= 4 is 40.8 Å². The van der Waals surface area contributed by atoms with Crippen molar-refractivity contribution in [3.05, 3.63) is 104 Å². The summed E-state index contributed by atoms with van der Waals surface area (Å²) in [6, 6.07) is 21.3. The van der Waals surface area contributed by atoms with Gasteiger partial charge in [-0.1, -0.05) is 65.7 Å². The van der Waals surface area contributed by atoms with E-state index in [9.17, 15) is 0 Å². The molecule has 0 saturated carbocycles. The molecule has 0 N–H and O–H groups in total. The van der Waals surface area contributed by atoms with Crippen LogP contribution in [0.5, 0.6) is 0 Å². The maximum Gasteiger partial charge on any atom is 0.206 e. The normalized spacial score (nSPS) is 12.0. The third-order valence-electron chi connectivity index (χ3n) is 4.13. The van der Waals surface area contributed by atoms with Crippen molar-refractivity contribution in [1.82, 2.24) is 9.66 Å². The Labute approximate surface area is 182 Å². The van der Waals surface area contributed by atoms with Crippen molar-refractivity contribution in [2.24, 2.45) is 10.1 Å². The molecule has 2 aromatic carbocycles. The molecular weight excluding hydrogens is 423 g/mol. The van der Waals surface area contributed by atoms with Gasteiger partial charge in [-0.25, -0.2) is 4.68 Å².